The van der Waals surface area contributed by atoms with Crippen LogP contribution in [0.3, 0.4) is 0 Å². The molecule has 3 heteroatoms. The summed E-state index contributed by atoms with van der Waals surface area (Å²) in [5.41, 5.74) is 3.29. The van der Waals surface area contributed by atoms with Crippen molar-refractivity contribution in [1.29, 1.82) is 0 Å². The third kappa shape index (κ3) is 4.50. The molecule has 0 aliphatic rings. The molecule has 0 heterocycles. The van der Waals surface area contributed by atoms with Gasteiger partial charge < -0.3 is 0 Å². The lowest BCUT2D eigenvalue weighted by Crippen LogP contribution is -2.19. The van der Waals surface area contributed by atoms with E-state index in [4.69, 9.17) is 0 Å². The second kappa shape index (κ2) is 7.32. The van der Waals surface area contributed by atoms with Crippen molar-refractivity contribution >= 4 is 22.8 Å². The predicted molar refractivity (Wildman–Crippen MR) is 96.4 cm³/mol. The summed E-state index contributed by atoms with van der Waals surface area (Å²) in [6.45, 7) is 5.75. The Balaban J connectivity index is 2.36. The molecule has 0 aliphatic heterocycles. The SMILES string of the molecule is CC(C)(C)[S@@](=O)/N=C/C=C(c1ccccc1)c1ccccc1. The lowest BCUT2D eigenvalue weighted by molar-refractivity contribution is 0.651. The number of allylic oxidation sites excluding steroid dienone is 1. The van der Waals surface area contributed by atoms with Crippen molar-refractivity contribution in [2.75, 3.05) is 0 Å². The molecule has 2 aromatic rings. The standard InChI is InChI=1S/C19H21NOS/c1-19(2,3)22(21)20-15-14-18(16-10-6-4-7-11-16)17-12-8-5-9-13-17/h4-15H,1-3H3/b20-15+/t22-/m1/s1. The van der Waals surface area contributed by atoms with Crippen LogP contribution in [0.25, 0.3) is 5.57 Å². The van der Waals surface area contributed by atoms with Crippen LogP contribution in [0.1, 0.15) is 31.9 Å². The molecule has 0 aromatic heterocycles. The smallest absolute Gasteiger partial charge is 0.144 e. The average molecular weight is 311 g/mol. The van der Waals surface area contributed by atoms with Crippen LogP contribution in [-0.2, 0) is 11.0 Å². The van der Waals surface area contributed by atoms with Crippen molar-refractivity contribution in [3.05, 3.63) is 77.9 Å². The maximum atomic E-state index is 12.0. The molecule has 0 bridgehead atoms. The van der Waals surface area contributed by atoms with Crippen LogP contribution in [0.5, 0.6) is 0 Å². The molecular formula is C19H21NOS. The molecule has 0 unspecified atom stereocenters. The number of rotatable bonds is 4. The van der Waals surface area contributed by atoms with Gasteiger partial charge in [-0.3, -0.25) is 0 Å². The summed E-state index contributed by atoms with van der Waals surface area (Å²) in [5, 5.41) is 0. The van der Waals surface area contributed by atoms with Crippen LogP contribution >= 0.6 is 0 Å². The van der Waals surface area contributed by atoms with Crippen molar-refractivity contribution in [3.63, 3.8) is 0 Å². The van der Waals surface area contributed by atoms with E-state index in [-0.39, 0.29) is 4.75 Å². The van der Waals surface area contributed by atoms with Crippen LogP contribution in [-0.4, -0.2) is 15.2 Å². The van der Waals surface area contributed by atoms with Gasteiger partial charge >= 0.3 is 0 Å². The quantitative estimate of drug-likeness (QED) is 0.756. The molecule has 2 rings (SSSR count). The topological polar surface area (TPSA) is 29.4 Å². The molecule has 0 N–H and O–H groups in total. The van der Waals surface area contributed by atoms with E-state index >= 15 is 0 Å². The van der Waals surface area contributed by atoms with E-state index in [1.807, 2.05) is 63.2 Å². The third-order valence-corrected chi connectivity index (χ3v) is 4.45. The number of hydrogen-bond donors (Lipinski definition) is 0. The Hall–Kier alpha value is -2.00. The highest BCUT2D eigenvalue weighted by Gasteiger charge is 2.17. The van der Waals surface area contributed by atoms with Gasteiger partial charge in [0.25, 0.3) is 0 Å². The lowest BCUT2D eigenvalue weighted by Gasteiger charge is -2.12. The van der Waals surface area contributed by atoms with Gasteiger partial charge in [-0.15, -0.1) is 0 Å². The molecule has 0 aliphatic carbocycles. The predicted octanol–water partition coefficient (Wildman–Crippen LogP) is 4.65. The molecule has 0 saturated heterocycles. The van der Waals surface area contributed by atoms with E-state index in [1.54, 1.807) is 6.21 Å². The lowest BCUT2D eigenvalue weighted by atomic mass is 9.98. The van der Waals surface area contributed by atoms with E-state index in [1.165, 1.54) is 0 Å². The maximum Gasteiger partial charge on any atom is 0.144 e. The van der Waals surface area contributed by atoms with Crippen molar-refractivity contribution in [1.82, 2.24) is 0 Å². The second-order valence-corrected chi connectivity index (χ2v) is 7.86. The number of benzene rings is 2. The van der Waals surface area contributed by atoms with E-state index in [0.29, 0.717) is 0 Å². The number of nitrogens with zero attached hydrogens (tertiary/aromatic N) is 1. The van der Waals surface area contributed by atoms with Crippen molar-refractivity contribution < 1.29 is 4.21 Å². The fraction of sp³-hybridized carbons (Fsp3) is 0.211. The van der Waals surface area contributed by atoms with Crippen LogP contribution in [0.15, 0.2) is 71.1 Å². The molecule has 2 nitrogen and oxygen atoms in total. The Morgan fingerprint density at radius 3 is 1.77 bits per heavy atom. The van der Waals surface area contributed by atoms with Gasteiger partial charge in [0.2, 0.25) is 0 Å². The van der Waals surface area contributed by atoms with Crippen molar-refractivity contribution in [2.45, 2.75) is 25.5 Å². The largest absolute Gasteiger partial charge is 0.234 e. The minimum absolute atomic E-state index is 0.343. The molecule has 0 fully saturated rings. The normalized spacial score (nSPS) is 13.0. The van der Waals surface area contributed by atoms with Gasteiger partial charge in [-0.05, 0) is 43.5 Å². The molecule has 2 aromatic carbocycles. The summed E-state index contributed by atoms with van der Waals surface area (Å²) in [7, 11) is -1.24. The van der Waals surface area contributed by atoms with Crippen molar-refractivity contribution in [3.8, 4) is 0 Å². The van der Waals surface area contributed by atoms with Crippen LogP contribution in [0.2, 0.25) is 0 Å². The summed E-state index contributed by atoms with van der Waals surface area (Å²) in [6.07, 6.45) is 3.57. The summed E-state index contributed by atoms with van der Waals surface area (Å²) < 4.78 is 15.8. The zero-order chi connectivity index (χ0) is 16.0. The first-order valence-corrected chi connectivity index (χ1v) is 8.36. The van der Waals surface area contributed by atoms with Crippen LogP contribution < -0.4 is 0 Å². The summed E-state index contributed by atoms with van der Waals surface area (Å²) >= 11 is 0. The Kier molecular flexibility index (Phi) is 5.45. The molecular weight excluding hydrogens is 290 g/mol. The highest BCUT2D eigenvalue weighted by Crippen LogP contribution is 2.22. The van der Waals surface area contributed by atoms with Gasteiger partial charge in [-0.25, -0.2) is 4.21 Å². The number of hydrogen-bond acceptors (Lipinski definition) is 1. The van der Waals surface area contributed by atoms with E-state index in [9.17, 15) is 4.21 Å². The summed E-state index contributed by atoms with van der Waals surface area (Å²) in [5.74, 6) is 0. The van der Waals surface area contributed by atoms with Gasteiger partial charge in [0.15, 0.2) is 0 Å². The van der Waals surface area contributed by atoms with E-state index < -0.39 is 11.0 Å². The maximum absolute atomic E-state index is 12.0. The van der Waals surface area contributed by atoms with Crippen molar-refractivity contribution in [2.24, 2.45) is 4.40 Å². The second-order valence-electron chi connectivity index (χ2n) is 5.93. The zero-order valence-corrected chi connectivity index (χ0v) is 14.0. The molecule has 0 amide bonds. The van der Waals surface area contributed by atoms with Gasteiger partial charge in [0.05, 0.1) is 4.75 Å². The Bertz CT molecular complexity index is 641. The molecule has 22 heavy (non-hydrogen) atoms. The first-order chi connectivity index (χ1) is 10.5. The van der Waals surface area contributed by atoms with Gasteiger partial charge in [-0.1, -0.05) is 60.7 Å². The molecule has 0 radical (unpaired) electrons. The van der Waals surface area contributed by atoms with Gasteiger partial charge in [-0.2, -0.15) is 4.40 Å². The summed E-state index contributed by atoms with van der Waals surface area (Å²) in [4.78, 5) is 0. The molecule has 114 valence electrons. The fourth-order valence-electron chi connectivity index (χ4n) is 1.91. The van der Waals surface area contributed by atoms with Gasteiger partial charge in [0, 0.05) is 6.21 Å². The Labute approximate surface area is 135 Å². The monoisotopic (exact) mass is 311 g/mol. The zero-order valence-electron chi connectivity index (χ0n) is 13.2. The highest BCUT2D eigenvalue weighted by atomic mass is 32.2. The van der Waals surface area contributed by atoms with E-state index in [2.05, 4.69) is 28.7 Å². The fourth-order valence-corrected chi connectivity index (χ4v) is 2.40. The first kappa shape index (κ1) is 16.4. The Morgan fingerprint density at radius 1 is 0.909 bits per heavy atom. The highest BCUT2D eigenvalue weighted by molar-refractivity contribution is 7.85. The van der Waals surface area contributed by atoms with Gasteiger partial charge in [0.1, 0.15) is 11.0 Å². The molecule has 0 spiro atoms. The summed E-state index contributed by atoms with van der Waals surface area (Å²) in [6, 6.07) is 20.3. The minimum atomic E-state index is -1.24. The molecule has 1 atom stereocenters. The molecule has 0 saturated carbocycles. The third-order valence-electron chi connectivity index (χ3n) is 3.09. The van der Waals surface area contributed by atoms with Crippen LogP contribution in [0, 0.1) is 0 Å². The van der Waals surface area contributed by atoms with Crippen LogP contribution in [0.4, 0.5) is 0 Å². The average Bonchev–Trinajstić information content (AvgIpc) is 2.52. The van der Waals surface area contributed by atoms with E-state index in [0.717, 1.165) is 16.7 Å². The first-order valence-electron chi connectivity index (χ1n) is 7.25. The minimum Gasteiger partial charge on any atom is -0.234 e. The Morgan fingerprint density at radius 2 is 1.36 bits per heavy atom.